The van der Waals surface area contributed by atoms with Crippen LogP contribution >= 0.6 is 0 Å². The lowest BCUT2D eigenvalue weighted by Gasteiger charge is -2.10. The molecule has 0 unspecified atom stereocenters. The lowest BCUT2D eigenvalue weighted by Crippen LogP contribution is -1.93. The van der Waals surface area contributed by atoms with Crippen molar-refractivity contribution in [3.05, 3.63) is 17.2 Å². The molecule has 2 aliphatic rings. The molecule has 0 N–H and O–H groups in total. The van der Waals surface area contributed by atoms with Gasteiger partial charge < -0.3 is 14.2 Å². The van der Waals surface area contributed by atoms with E-state index >= 15 is 0 Å². The van der Waals surface area contributed by atoms with Crippen molar-refractivity contribution in [3.8, 4) is 17.2 Å². The predicted octanol–water partition coefficient (Wildman–Crippen LogP) is 1.56. The van der Waals surface area contributed by atoms with Gasteiger partial charge in [-0.2, -0.15) is 0 Å². The van der Waals surface area contributed by atoms with Crippen molar-refractivity contribution in [1.82, 2.24) is 0 Å². The Morgan fingerprint density at radius 1 is 1.07 bits per heavy atom. The molecule has 0 saturated carbocycles. The fourth-order valence-corrected chi connectivity index (χ4v) is 2.14. The molecule has 0 atom stereocenters. The lowest BCUT2D eigenvalue weighted by molar-refractivity contribution is 0.299. The fourth-order valence-electron chi connectivity index (χ4n) is 2.14. The molecule has 1 aromatic rings. The summed E-state index contributed by atoms with van der Waals surface area (Å²) in [5, 5.41) is 0. The first-order chi connectivity index (χ1) is 6.90. The topological polar surface area (TPSA) is 27.7 Å². The van der Waals surface area contributed by atoms with Crippen LogP contribution in [0.5, 0.6) is 17.2 Å². The van der Waals surface area contributed by atoms with Crippen LogP contribution in [0.3, 0.4) is 0 Å². The van der Waals surface area contributed by atoms with Crippen molar-refractivity contribution in [2.75, 3.05) is 20.3 Å². The smallest absolute Gasteiger partial charge is 0.203 e. The number of fused-ring (bicyclic) bond motifs is 2. The third-order valence-corrected chi connectivity index (χ3v) is 2.78. The van der Waals surface area contributed by atoms with Crippen LogP contribution < -0.4 is 14.2 Å². The van der Waals surface area contributed by atoms with E-state index in [1.54, 1.807) is 7.11 Å². The van der Waals surface area contributed by atoms with Crippen molar-refractivity contribution < 1.29 is 14.2 Å². The zero-order valence-corrected chi connectivity index (χ0v) is 8.13. The Balaban J connectivity index is 2.24. The molecule has 2 aliphatic heterocycles. The van der Waals surface area contributed by atoms with Gasteiger partial charge in [0.1, 0.15) is 0 Å². The van der Waals surface area contributed by atoms with Crippen LogP contribution in [-0.2, 0) is 12.8 Å². The molecule has 1 aromatic carbocycles. The van der Waals surface area contributed by atoms with Gasteiger partial charge in [0, 0.05) is 24.0 Å². The number of rotatable bonds is 1. The summed E-state index contributed by atoms with van der Waals surface area (Å²) in [5.74, 6) is 2.55. The maximum atomic E-state index is 5.54. The van der Waals surface area contributed by atoms with Crippen LogP contribution in [0.4, 0.5) is 0 Å². The van der Waals surface area contributed by atoms with Crippen LogP contribution in [0.25, 0.3) is 0 Å². The Morgan fingerprint density at radius 3 is 2.14 bits per heavy atom. The Morgan fingerprint density at radius 2 is 1.64 bits per heavy atom. The molecule has 0 fully saturated rings. The van der Waals surface area contributed by atoms with Crippen molar-refractivity contribution in [2.45, 2.75) is 12.8 Å². The van der Waals surface area contributed by atoms with E-state index in [4.69, 9.17) is 14.2 Å². The van der Waals surface area contributed by atoms with Gasteiger partial charge in [0.25, 0.3) is 0 Å². The Kier molecular flexibility index (Phi) is 1.60. The van der Waals surface area contributed by atoms with E-state index in [9.17, 15) is 0 Å². The predicted molar refractivity (Wildman–Crippen MR) is 51.4 cm³/mol. The van der Waals surface area contributed by atoms with Crippen molar-refractivity contribution in [3.63, 3.8) is 0 Å². The molecule has 0 saturated heterocycles. The molecule has 0 aliphatic carbocycles. The van der Waals surface area contributed by atoms with Crippen LogP contribution in [0.2, 0.25) is 0 Å². The highest BCUT2D eigenvalue weighted by Crippen LogP contribution is 2.47. The summed E-state index contributed by atoms with van der Waals surface area (Å²) in [6.45, 7) is 1.52. The summed E-state index contributed by atoms with van der Waals surface area (Å²) in [7, 11) is 1.67. The maximum absolute atomic E-state index is 5.54. The van der Waals surface area contributed by atoms with Gasteiger partial charge in [-0.1, -0.05) is 0 Å². The summed E-state index contributed by atoms with van der Waals surface area (Å²) < 4.78 is 16.4. The minimum Gasteiger partial charge on any atom is -0.490 e. The first-order valence-electron chi connectivity index (χ1n) is 4.88. The number of hydrogen-bond donors (Lipinski definition) is 0. The van der Waals surface area contributed by atoms with Gasteiger partial charge in [-0.05, 0) is 6.07 Å². The first kappa shape index (κ1) is 7.97. The molecule has 74 valence electrons. The van der Waals surface area contributed by atoms with Crippen LogP contribution in [0.15, 0.2) is 6.07 Å². The van der Waals surface area contributed by atoms with Gasteiger partial charge in [-0.25, -0.2) is 0 Å². The largest absolute Gasteiger partial charge is 0.490 e. The maximum Gasteiger partial charge on any atom is 0.203 e. The summed E-state index contributed by atoms with van der Waals surface area (Å²) in [4.78, 5) is 0. The Bertz CT molecular complexity index is 352. The van der Waals surface area contributed by atoms with E-state index in [-0.39, 0.29) is 0 Å². The highest BCUT2D eigenvalue weighted by Gasteiger charge is 2.27. The molecule has 0 radical (unpaired) electrons. The minimum atomic E-state index is 0.759. The molecule has 2 heterocycles. The molecular formula is C11H12O3. The second kappa shape index (κ2) is 2.80. The monoisotopic (exact) mass is 192 g/mol. The van der Waals surface area contributed by atoms with E-state index in [0.717, 1.165) is 43.3 Å². The minimum absolute atomic E-state index is 0.759. The second-order valence-corrected chi connectivity index (χ2v) is 3.58. The van der Waals surface area contributed by atoms with E-state index < -0.39 is 0 Å². The SMILES string of the molecule is COc1c2c(cc3c1OCC3)CCO2. The molecule has 0 aromatic heterocycles. The van der Waals surface area contributed by atoms with E-state index in [1.165, 1.54) is 11.1 Å². The molecule has 3 rings (SSSR count). The van der Waals surface area contributed by atoms with Crippen molar-refractivity contribution in [2.24, 2.45) is 0 Å². The highest BCUT2D eigenvalue weighted by molar-refractivity contribution is 5.62. The molecule has 0 bridgehead atoms. The standard InChI is InChI=1S/C11H12O3/c1-12-11-9-7(2-4-13-9)6-8-3-5-14-10(8)11/h6H,2-5H2,1H3. The molecule has 14 heavy (non-hydrogen) atoms. The van der Waals surface area contributed by atoms with E-state index in [1.807, 2.05) is 0 Å². The Hall–Kier alpha value is -1.38. The van der Waals surface area contributed by atoms with Gasteiger partial charge in [-0.3, -0.25) is 0 Å². The summed E-state index contributed by atoms with van der Waals surface area (Å²) in [6, 6.07) is 2.19. The molecule has 0 spiro atoms. The molecule has 3 heteroatoms. The summed E-state index contributed by atoms with van der Waals surface area (Å²) >= 11 is 0. The summed E-state index contributed by atoms with van der Waals surface area (Å²) in [5.41, 5.74) is 2.51. The van der Waals surface area contributed by atoms with Gasteiger partial charge in [0.15, 0.2) is 11.5 Å². The van der Waals surface area contributed by atoms with E-state index in [2.05, 4.69) is 6.07 Å². The zero-order chi connectivity index (χ0) is 9.54. The number of benzene rings is 1. The fraction of sp³-hybridized carbons (Fsp3) is 0.455. The van der Waals surface area contributed by atoms with Gasteiger partial charge in [0.2, 0.25) is 5.75 Å². The van der Waals surface area contributed by atoms with Gasteiger partial charge >= 0.3 is 0 Å². The normalized spacial score (nSPS) is 16.9. The number of hydrogen-bond acceptors (Lipinski definition) is 3. The van der Waals surface area contributed by atoms with E-state index in [0.29, 0.717) is 0 Å². The summed E-state index contributed by atoms with van der Waals surface area (Å²) in [6.07, 6.45) is 1.97. The highest BCUT2D eigenvalue weighted by atomic mass is 16.5. The number of ether oxygens (including phenoxy) is 3. The van der Waals surface area contributed by atoms with Gasteiger partial charge in [-0.15, -0.1) is 0 Å². The molecule has 3 nitrogen and oxygen atoms in total. The van der Waals surface area contributed by atoms with Gasteiger partial charge in [0.05, 0.1) is 20.3 Å². The zero-order valence-electron chi connectivity index (χ0n) is 8.13. The third kappa shape index (κ3) is 0.924. The number of methoxy groups -OCH3 is 1. The quantitative estimate of drug-likeness (QED) is 0.676. The third-order valence-electron chi connectivity index (χ3n) is 2.78. The van der Waals surface area contributed by atoms with Crippen molar-refractivity contribution >= 4 is 0 Å². The van der Waals surface area contributed by atoms with Crippen molar-refractivity contribution in [1.29, 1.82) is 0 Å². The average Bonchev–Trinajstić information content (AvgIpc) is 2.80. The van der Waals surface area contributed by atoms with Crippen LogP contribution in [0, 0.1) is 0 Å². The average molecular weight is 192 g/mol. The first-order valence-corrected chi connectivity index (χ1v) is 4.88. The van der Waals surface area contributed by atoms with Crippen LogP contribution in [0.1, 0.15) is 11.1 Å². The second-order valence-electron chi connectivity index (χ2n) is 3.58. The Labute approximate surface area is 82.6 Å². The molecule has 0 amide bonds. The molecular weight excluding hydrogens is 180 g/mol. The van der Waals surface area contributed by atoms with Crippen LogP contribution in [-0.4, -0.2) is 20.3 Å². The lowest BCUT2D eigenvalue weighted by atomic mass is 10.1.